The quantitative estimate of drug-likeness (QED) is 0.795. The number of rotatable bonds is 4. The van der Waals surface area contributed by atoms with Crippen molar-refractivity contribution in [3.63, 3.8) is 0 Å². The zero-order valence-corrected chi connectivity index (χ0v) is 12.0. The molecule has 1 aromatic heterocycles. The van der Waals surface area contributed by atoms with Crippen LogP contribution in [0.15, 0.2) is 48.8 Å². The summed E-state index contributed by atoms with van der Waals surface area (Å²) in [7, 11) is 2.14. The maximum absolute atomic E-state index is 4.03. The molecular weight excluding hydrogens is 323 g/mol. The van der Waals surface area contributed by atoms with E-state index < -0.39 is 0 Å². The fourth-order valence-electron chi connectivity index (χ4n) is 1.76. The lowest BCUT2D eigenvalue weighted by Crippen LogP contribution is -2.17. The molecule has 0 N–H and O–H groups in total. The second-order valence-electron chi connectivity index (χ2n) is 4.15. The molecule has 0 spiro atoms. The van der Waals surface area contributed by atoms with Crippen molar-refractivity contribution in [1.82, 2.24) is 9.88 Å². The fraction of sp³-hybridized carbons (Fsp3) is 0.214. The maximum atomic E-state index is 4.03. The molecule has 0 aliphatic heterocycles. The first-order valence-electron chi connectivity index (χ1n) is 5.56. The van der Waals surface area contributed by atoms with Gasteiger partial charge in [-0.3, -0.25) is 9.88 Å². The van der Waals surface area contributed by atoms with Gasteiger partial charge in [0.1, 0.15) is 0 Å². The first-order valence-corrected chi connectivity index (χ1v) is 6.64. The lowest BCUT2D eigenvalue weighted by atomic mass is 10.2. The van der Waals surface area contributed by atoms with Gasteiger partial charge in [0, 0.05) is 29.1 Å². The standard InChI is InChI=1S/C14H15IN2/c1-17(11-13-6-8-16-9-7-13)10-12-2-4-14(15)5-3-12/h2-9H,10-11H2,1H3. The van der Waals surface area contributed by atoms with Crippen LogP contribution < -0.4 is 0 Å². The van der Waals surface area contributed by atoms with E-state index in [9.17, 15) is 0 Å². The molecule has 88 valence electrons. The SMILES string of the molecule is CN(Cc1ccncc1)Cc1ccc(I)cc1. The van der Waals surface area contributed by atoms with Crippen LogP contribution in [0.5, 0.6) is 0 Å². The highest BCUT2D eigenvalue weighted by Crippen LogP contribution is 2.10. The average molecular weight is 338 g/mol. The van der Waals surface area contributed by atoms with Crippen molar-refractivity contribution in [1.29, 1.82) is 0 Å². The molecule has 17 heavy (non-hydrogen) atoms. The topological polar surface area (TPSA) is 16.1 Å². The Balaban J connectivity index is 1.93. The Morgan fingerprint density at radius 2 is 1.47 bits per heavy atom. The number of nitrogens with zero attached hydrogens (tertiary/aromatic N) is 2. The molecular formula is C14H15IN2. The number of halogens is 1. The third-order valence-electron chi connectivity index (χ3n) is 2.57. The first kappa shape index (κ1) is 12.5. The van der Waals surface area contributed by atoms with Crippen LogP contribution in [0, 0.1) is 3.57 Å². The summed E-state index contributed by atoms with van der Waals surface area (Å²) in [4.78, 5) is 6.33. The molecule has 0 aliphatic rings. The monoisotopic (exact) mass is 338 g/mol. The number of benzene rings is 1. The van der Waals surface area contributed by atoms with E-state index in [4.69, 9.17) is 0 Å². The van der Waals surface area contributed by atoms with Gasteiger partial charge < -0.3 is 0 Å². The predicted molar refractivity (Wildman–Crippen MR) is 78.6 cm³/mol. The van der Waals surface area contributed by atoms with Crippen molar-refractivity contribution in [2.45, 2.75) is 13.1 Å². The minimum atomic E-state index is 0.953. The van der Waals surface area contributed by atoms with E-state index in [1.54, 1.807) is 0 Å². The van der Waals surface area contributed by atoms with E-state index in [0.717, 1.165) is 13.1 Å². The summed E-state index contributed by atoms with van der Waals surface area (Å²) in [5.74, 6) is 0. The summed E-state index contributed by atoms with van der Waals surface area (Å²) in [5, 5.41) is 0. The van der Waals surface area contributed by atoms with Crippen LogP contribution in [0.4, 0.5) is 0 Å². The zero-order valence-electron chi connectivity index (χ0n) is 9.81. The van der Waals surface area contributed by atoms with Gasteiger partial charge in [-0.1, -0.05) is 12.1 Å². The smallest absolute Gasteiger partial charge is 0.0271 e. The highest BCUT2D eigenvalue weighted by Gasteiger charge is 2.01. The van der Waals surface area contributed by atoms with Crippen molar-refractivity contribution >= 4 is 22.6 Å². The van der Waals surface area contributed by atoms with Gasteiger partial charge in [-0.2, -0.15) is 0 Å². The number of hydrogen-bond acceptors (Lipinski definition) is 2. The Bertz CT molecular complexity index is 453. The molecule has 0 atom stereocenters. The van der Waals surface area contributed by atoms with Gasteiger partial charge in [0.15, 0.2) is 0 Å². The fourth-order valence-corrected chi connectivity index (χ4v) is 2.12. The summed E-state index contributed by atoms with van der Waals surface area (Å²) >= 11 is 2.33. The Morgan fingerprint density at radius 1 is 0.941 bits per heavy atom. The summed E-state index contributed by atoms with van der Waals surface area (Å²) in [6.45, 7) is 1.92. The van der Waals surface area contributed by atoms with E-state index in [-0.39, 0.29) is 0 Å². The first-order chi connectivity index (χ1) is 8.24. The van der Waals surface area contributed by atoms with E-state index >= 15 is 0 Å². The number of hydrogen-bond donors (Lipinski definition) is 0. The Labute approximate surface area is 116 Å². The molecule has 0 saturated carbocycles. The summed E-state index contributed by atoms with van der Waals surface area (Å²) in [6.07, 6.45) is 3.68. The Morgan fingerprint density at radius 3 is 2.06 bits per heavy atom. The molecule has 0 saturated heterocycles. The maximum Gasteiger partial charge on any atom is 0.0271 e. The average Bonchev–Trinajstić information content (AvgIpc) is 2.33. The van der Waals surface area contributed by atoms with E-state index in [0.29, 0.717) is 0 Å². The van der Waals surface area contributed by atoms with Crippen LogP contribution in [0.25, 0.3) is 0 Å². The van der Waals surface area contributed by atoms with Crippen LogP contribution in [-0.2, 0) is 13.1 Å². The normalized spacial score (nSPS) is 10.8. The molecule has 0 unspecified atom stereocenters. The van der Waals surface area contributed by atoms with Gasteiger partial charge in [-0.15, -0.1) is 0 Å². The minimum absolute atomic E-state index is 0.953. The van der Waals surface area contributed by atoms with Crippen LogP contribution in [0.2, 0.25) is 0 Å². The van der Waals surface area contributed by atoms with Crippen molar-refractivity contribution in [3.05, 3.63) is 63.5 Å². The Hall–Kier alpha value is -0.940. The third kappa shape index (κ3) is 4.09. The third-order valence-corrected chi connectivity index (χ3v) is 3.29. The molecule has 0 radical (unpaired) electrons. The van der Waals surface area contributed by atoms with E-state index in [2.05, 4.69) is 75.9 Å². The molecule has 0 amide bonds. The van der Waals surface area contributed by atoms with Gasteiger partial charge in [0.2, 0.25) is 0 Å². The highest BCUT2D eigenvalue weighted by molar-refractivity contribution is 14.1. The highest BCUT2D eigenvalue weighted by atomic mass is 127. The van der Waals surface area contributed by atoms with E-state index in [1.807, 2.05) is 12.4 Å². The van der Waals surface area contributed by atoms with Crippen LogP contribution in [0.1, 0.15) is 11.1 Å². The molecule has 0 bridgehead atoms. The van der Waals surface area contributed by atoms with Crippen LogP contribution in [0.3, 0.4) is 0 Å². The van der Waals surface area contributed by atoms with Gasteiger partial charge >= 0.3 is 0 Å². The second kappa shape index (κ2) is 6.12. The number of aromatic nitrogens is 1. The summed E-state index contributed by atoms with van der Waals surface area (Å²) < 4.78 is 1.28. The molecule has 1 heterocycles. The lowest BCUT2D eigenvalue weighted by Gasteiger charge is -2.16. The lowest BCUT2D eigenvalue weighted by molar-refractivity contribution is 0.319. The van der Waals surface area contributed by atoms with Crippen LogP contribution >= 0.6 is 22.6 Å². The van der Waals surface area contributed by atoms with Gasteiger partial charge in [0.05, 0.1) is 0 Å². The summed E-state index contributed by atoms with van der Waals surface area (Å²) in [6, 6.07) is 12.8. The molecule has 3 heteroatoms. The van der Waals surface area contributed by atoms with E-state index in [1.165, 1.54) is 14.7 Å². The van der Waals surface area contributed by atoms with Crippen molar-refractivity contribution in [2.24, 2.45) is 0 Å². The predicted octanol–water partition coefficient (Wildman–Crippen LogP) is 3.32. The summed E-state index contributed by atoms with van der Waals surface area (Å²) in [5.41, 5.74) is 2.65. The van der Waals surface area contributed by atoms with Crippen molar-refractivity contribution in [2.75, 3.05) is 7.05 Å². The minimum Gasteiger partial charge on any atom is -0.298 e. The largest absolute Gasteiger partial charge is 0.298 e. The van der Waals surface area contributed by atoms with Gasteiger partial charge in [0.25, 0.3) is 0 Å². The van der Waals surface area contributed by atoms with Crippen LogP contribution in [-0.4, -0.2) is 16.9 Å². The number of pyridine rings is 1. The molecule has 1 aromatic carbocycles. The molecule has 2 rings (SSSR count). The Kier molecular flexibility index (Phi) is 4.50. The second-order valence-corrected chi connectivity index (χ2v) is 5.40. The molecule has 2 nitrogen and oxygen atoms in total. The zero-order chi connectivity index (χ0) is 12.1. The van der Waals surface area contributed by atoms with Crippen molar-refractivity contribution < 1.29 is 0 Å². The van der Waals surface area contributed by atoms with Gasteiger partial charge in [-0.05, 0) is 65.0 Å². The molecule has 2 aromatic rings. The van der Waals surface area contributed by atoms with Crippen molar-refractivity contribution in [3.8, 4) is 0 Å². The molecule has 0 fully saturated rings. The molecule has 0 aliphatic carbocycles. The van der Waals surface area contributed by atoms with Gasteiger partial charge in [-0.25, -0.2) is 0 Å².